The summed E-state index contributed by atoms with van der Waals surface area (Å²) >= 11 is 1.56. The van der Waals surface area contributed by atoms with E-state index in [9.17, 15) is 4.79 Å². The number of fused-ring (bicyclic) bond motifs is 1. The van der Waals surface area contributed by atoms with Crippen molar-refractivity contribution in [1.82, 2.24) is 20.2 Å². The summed E-state index contributed by atoms with van der Waals surface area (Å²) in [4.78, 5) is 20.8. The maximum absolute atomic E-state index is 11.8. The Balaban J connectivity index is 1.66. The minimum absolute atomic E-state index is 0.0169. The van der Waals surface area contributed by atoms with E-state index >= 15 is 0 Å². The van der Waals surface area contributed by atoms with E-state index in [1.165, 1.54) is 0 Å². The number of nitrogens with one attached hydrogen (secondary N) is 2. The normalized spacial score (nSPS) is 19.5. The van der Waals surface area contributed by atoms with Crippen LogP contribution in [0.5, 0.6) is 0 Å². The van der Waals surface area contributed by atoms with Gasteiger partial charge in [-0.1, -0.05) is 18.9 Å². The lowest BCUT2D eigenvalue weighted by molar-refractivity contribution is 0.0995. The molecule has 6 N–H and O–H groups in total. The highest BCUT2D eigenvalue weighted by Crippen LogP contribution is 2.31. The number of carbonyl (C=O) groups excluding carboxylic acids is 1. The lowest BCUT2D eigenvalue weighted by atomic mass is 9.91. The van der Waals surface area contributed by atoms with E-state index in [1.807, 2.05) is 25.1 Å². The molecule has 0 aliphatic heterocycles. The molecule has 28 heavy (non-hydrogen) atoms. The number of hydrogen-bond donors (Lipinski definition) is 4. The molecule has 2 heterocycles. The zero-order valence-corrected chi connectivity index (χ0v) is 16.3. The lowest BCUT2D eigenvalue weighted by Gasteiger charge is -2.29. The van der Waals surface area contributed by atoms with E-state index in [-0.39, 0.29) is 23.6 Å². The first-order valence-electron chi connectivity index (χ1n) is 9.21. The minimum atomic E-state index is -0.698. The summed E-state index contributed by atoms with van der Waals surface area (Å²) in [7, 11) is 0. The Morgan fingerprint density at radius 2 is 2.04 bits per heavy atom. The molecular weight excluding hydrogens is 376 g/mol. The molecule has 2 aromatic heterocycles. The van der Waals surface area contributed by atoms with Crippen molar-refractivity contribution in [3.8, 4) is 0 Å². The summed E-state index contributed by atoms with van der Waals surface area (Å²) < 4.78 is 0.970. The van der Waals surface area contributed by atoms with Crippen LogP contribution in [0.1, 0.15) is 41.2 Å². The second-order valence-electron chi connectivity index (χ2n) is 6.91. The molecule has 1 aliphatic carbocycles. The largest absolute Gasteiger partial charge is 0.364 e. The zero-order valence-electron chi connectivity index (χ0n) is 15.5. The minimum Gasteiger partial charge on any atom is -0.364 e. The molecule has 0 radical (unpaired) electrons. The zero-order chi connectivity index (χ0) is 19.7. The maximum Gasteiger partial charge on any atom is 0.273 e. The van der Waals surface area contributed by atoms with Gasteiger partial charge in [0.1, 0.15) is 0 Å². The predicted octanol–water partition coefficient (Wildman–Crippen LogP) is 2.31. The van der Waals surface area contributed by atoms with E-state index in [0.717, 1.165) is 46.6 Å². The fraction of sp³-hybridized carbons (Fsp3) is 0.389. The molecular formula is C18H22N8OS. The smallest absolute Gasteiger partial charge is 0.273 e. The van der Waals surface area contributed by atoms with Crippen LogP contribution < -0.4 is 22.1 Å². The van der Waals surface area contributed by atoms with E-state index < -0.39 is 5.91 Å². The Morgan fingerprint density at radius 1 is 1.21 bits per heavy atom. The number of nitrogens with zero attached hydrogens (tertiary/aromatic N) is 4. The lowest BCUT2D eigenvalue weighted by Crippen LogP contribution is -2.43. The summed E-state index contributed by atoms with van der Waals surface area (Å²) in [6.45, 7) is 1.95. The Labute approximate surface area is 166 Å². The van der Waals surface area contributed by atoms with Crippen LogP contribution in [0.25, 0.3) is 10.2 Å². The third kappa shape index (κ3) is 3.73. The van der Waals surface area contributed by atoms with Gasteiger partial charge in [0.15, 0.2) is 11.5 Å². The van der Waals surface area contributed by atoms with Crippen molar-refractivity contribution >= 4 is 44.9 Å². The highest BCUT2D eigenvalue weighted by molar-refractivity contribution is 7.19. The van der Waals surface area contributed by atoms with Gasteiger partial charge in [0.2, 0.25) is 5.95 Å². The van der Waals surface area contributed by atoms with Crippen LogP contribution in [0, 0.1) is 6.92 Å². The number of thiazole rings is 1. The number of benzene rings is 1. The number of anilines is 3. The average Bonchev–Trinajstić information content (AvgIpc) is 3.05. The molecule has 0 unspecified atom stereocenters. The summed E-state index contributed by atoms with van der Waals surface area (Å²) in [5.74, 6) is -0.119. The molecule has 1 amide bonds. The molecule has 1 saturated carbocycles. The molecule has 0 bridgehead atoms. The van der Waals surface area contributed by atoms with Crippen LogP contribution in [0.15, 0.2) is 18.2 Å². The molecule has 146 valence electrons. The average molecular weight is 398 g/mol. The maximum atomic E-state index is 11.8. The summed E-state index contributed by atoms with van der Waals surface area (Å²) in [5, 5.41) is 15.4. The van der Waals surface area contributed by atoms with Gasteiger partial charge in [-0.3, -0.25) is 4.79 Å². The van der Waals surface area contributed by atoms with Gasteiger partial charge in [-0.25, -0.2) is 4.98 Å². The van der Waals surface area contributed by atoms with Crippen molar-refractivity contribution in [3.05, 3.63) is 28.9 Å². The number of aryl methyl sites for hydroxylation is 1. The van der Waals surface area contributed by atoms with Gasteiger partial charge in [0.25, 0.3) is 5.91 Å². The topological polar surface area (TPSA) is 145 Å². The fourth-order valence-electron chi connectivity index (χ4n) is 3.43. The highest BCUT2D eigenvalue weighted by Gasteiger charge is 2.23. The Morgan fingerprint density at radius 3 is 2.82 bits per heavy atom. The van der Waals surface area contributed by atoms with Crippen LogP contribution >= 0.6 is 11.3 Å². The first-order chi connectivity index (χ1) is 13.5. The quantitative estimate of drug-likeness (QED) is 0.512. The number of hydrogen-bond acceptors (Lipinski definition) is 9. The Kier molecular flexibility index (Phi) is 5.05. The third-order valence-electron chi connectivity index (χ3n) is 4.83. The van der Waals surface area contributed by atoms with Crippen LogP contribution in [0.3, 0.4) is 0 Å². The number of primary amides is 1. The molecule has 3 aromatic rings. The van der Waals surface area contributed by atoms with Gasteiger partial charge in [-0.15, -0.1) is 21.5 Å². The first kappa shape index (κ1) is 18.5. The standard InChI is InChI=1S/C18H22N8OS/c1-9-21-12-7-4-8-13(15(12)28-9)22-17-14(16(20)27)25-26-18(24-17)23-11-6-3-2-5-10(11)19/h4,7-8,10-11H,2-3,5-6,19H2,1H3,(H2,20,27)(H2,22,23,24,26)/t10-,11+/m0/s1. The van der Waals surface area contributed by atoms with Crippen LogP contribution in [0.2, 0.25) is 0 Å². The van der Waals surface area contributed by atoms with Gasteiger partial charge in [0, 0.05) is 12.1 Å². The van der Waals surface area contributed by atoms with Gasteiger partial charge in [-0.05, 0) is 31.9 Å². The Hall–Kier alpha value is -2.85. The molecule has 1 aromatic carbocycles. The SMILES string of the molecule is Cc1nc2cccc(Nc3nc(N[C@@H]4CCCC[C@@H]4N)nnc3C(N)=O)c2s1. The molecule has 1 fully saturated rings. The van der Waals surface area contributed by atoms with Crippen molar-refractivity contribution in [1.29, 1.82) is 0 Å². The molecule has 1 aliphatic rings. The molecule has 9 nitrogen and oxygen atoms in total. The van der Waals surface area contributed by atoms with Crippen LogP contribution in [-0.4, -0.2) is 38.2 Å². The number of aromatic nitrogens is 4. The van der Waals surface area contributed by atoms with Crippen LogP contribution in [-0.2, 0) is 0 Å². The second kappa shape index (κ2) is 7.64. The van der Waals surface area contributed by atoms with Gasteiger partial charge >= 0.3 is 0 Å². The highest BCUT2D eigenvalue weighted by atomic mass is 32.1. The summed E-state index contributed by atoms with van der Waals surface area (Å²) in [6, 6.07) is 5.85. The van der Waals surface area contributed by atoms with Gasteiger partial charge < -0.3 is 22.1 Å². The molecule has 4 rings (SSSR count). The number of rotatable bonds is 5. The monoisotopic (exact) mass is 398 g/mol. The fourth-order valence-corrected chi connectivity index (χ4v) is 4.32. The molecule has 0 spiro atoms. The summed E-state index contributed by atoms with van der Waals surface area (Å²) in [6.07, 6.45) is 4.15. The number of nitrogens with two attached hydrogens (primary N) is 2. The van der Waals surface area contributed by atoms with E-state index in [0.29, 0.717) is 5.95 Å². The molecule has 2 atom stereocenters. The summed E-state index contributed by atoms with van der Waals surface area (Å²) in [5.41, 5.74) is 13.3. The number of amides is 1. The van der Waals surface area contributed by atoms with Crippen molar-refractivity contribution in [2.24, 2.45) is 11.5 Å². The second-order valence-corrected chi connectivity index (χ2v) is 8.11. The molecule has 0 saturated heterocycles. The van der Waals surface area contributed by atoms with E-state index in [2.05, 4.69) is 30.8 Å². The van der Waals surface area contributed by atoms with E-state index in [1.54, 1.807) is 11.3 Å². The van der Waals surface area contributed by atoms with Crippen molar-refractivity contribution in [2.75, 3.05) is 10.6 Å². The Bertz CT molecular complexity index is 1020. The van der Waals surface area contributed by atoms with Crippen molar-refractivity contribution in [3.63, 3.8) is 0 Å². The van der Waals surface area contributed by atoms with Crippen molar-refractivity contribution < 1.29 is 4.79 Å². The van der Waals surface area contributed by atoms with Gasteiger partial charge in [0.05, 0.1) is 20.9 Å². The van der Waals surface area contributed by atoms with E-state index in [4.69, 9.17) is 11.5 Å². The predicted molar refractivity (Wildman–Crippen MR) is 110 cm³/mol. The van der Waals surface area contributed by atoms with Gasteiger partial charge in [-0.2, -0.15) is 4.98 Å². The van der Waals surface area contributed by atoms with Crippen molar-refractivity contribution in [2.45, 2.75) is 44.7 Å². The first-order valence-corrected chi connectivity index (χ1v) is 10.0. The molecule has 10 heteroatoms. The number of carbonyl (C=O) groups is 1. The van der Waals surface area contributed by atoms with Crippen LogP contribution in [0.4, 0.5) is 17.5 Å². The third-order valence-corrected chi connectivity index (χ3v) is 5.85.